The quantitative estimate of drug-likeness (QED) is 0.834. The van der Waals surface area contributed by atoms with Crippen molar-refractivity contribution in [3.8, 4) is 0 Å². The molecule has 1 amide bonds. The SMILES string of the molecule is O=C(c1ccc2sccc2c1)N1CCNCC1. The summed E-state index contributed by atoms with van der Waals surface area (Å²) in [5, 5.41) is 6.48. The lowest BCUT2D eigenvalue weighted by Gasteiger charge is -2.27. The van der Waals surface area contributed by atoms with Gasteiger partial charge in [-0.25, -0.2) is 0 Å². The summed E-state index contributed by atoms with van der Waals surface area (Å²) in [4.78, 5) is 14.2. The number of carbonyl (C=O) groups is 1. The number of rotatable bonds is 1. The molecule has 17 heavy (non-hydrogen) atoms. The van der Waals surface area contributed by atoms with E-state index in [0.717, 1.165) is 37.1 Å². The van der Waals surface area contributed by atoms with Crippen LogP contribution in [0.1, 0.15) is 10.4 Å². The molecule has 2 heterocycles. The summed E-state index contributed by atoms with van der Waals surface area (Å²) >= 11 is 1.71. The molecule has 88 valence electrons. The predicted molar refractivity (Wildman–Crippen MR) is 70.6 cm³/mol. The molecule has 4 heteroatoms. The van der Waals surface area contributed by atoms with Crippen molar-refractivity contribution in [2.45, 2.75) is 0 Å². The van der Waals surface area contributed by atoms with E-state index < -0.39 is 0 Å². The Morgan fingerprint density at radius 1 is 1.24 bits per heavy atom. The molecule has 1 aromatic heterocycles. The fraction of sp³-hybridized carbons (Fsp3) is 0.308. The van der Waals surface area contributed by atoms with Gasteiger partial charge >= 0.3 is 0 Å². The molecule has 0 bridgehead atoms. The number of nitrogens with one attached hydrogen (secondary N) is 1. The molecule has 0 unspecified atom stereocenters. The number of thiophene rings is 1. The van der Waals surface area contributed by atoms with E-state index in [1.165, 1.54) is 4.70 Å². The highest BCUT2D eigenvalue weighted by molar-refractivity contribution is 7.17. The Hall–Kier alpha value is -1.39. The third kappa shape index (κ3) is 2.06. The zero-order valence-corrected chi connectivity index (χ0v) is 10.3. The monoisotopic (exact) mass is 246 g/mol. The first-order chi connectivity index (χ1) is 8.34. The Balaban J connectivity index is 1.88. The van der Waals surface area contributed by atoms with E-state index in [0.29, 0.717) is 0 Å². The second kappa shape index (κ2) is 4.47. The lowest BCUT2D eigenvalue weighted by Crippen LogP contribution is -2.46. The van der Waals surface area contributed by atoms with Crippen LogP contribution in [-0.4, -0.2) is 37.0 Å². The zero-order chi connectivity index (χ0) is 11.7. The summed E-state index contributed by atoms with van der Waals surface area (Å²) in [5.41, 5.74) is 0.804. The second-order valence-corrected chi connectivity index (χ2v) is 5.16. The lowest BCUT2D eigenvalue weighted by atomic mass is 10.1. The van der Waals surface area contributed by atoms with Crippen LogP contribution in [0.5, 0.6) is 0 Å². The number of carbonyl (C=O) groups excluding carboxylic acids is 1. The summed E-state index contributed by atoms with van der Waals surface area (Å²) in [6, 6.07) is 8.03. The highest BCUT2D eigenvalue weighted by Crippen LogP contribution is 2.22. The van der Waals surface area contributed by atoms with Crippen molar-refractivity contribution in [2.24, 2.45) is 0 Å². The van der Waals surface area contributed by atoms with Crippen LogP contribution < -0.4 is 5.32 Å². The molecule has 0 aliphatic carbocycles. The molecule has 3 rings (SSSR count). The fourth-order valence-corrected chi connectivity index (χ4v) is 2.92. The Labute approximate surface area is 104 Å². The predicted octanol–water partition coefficient (Wildman–Crippen LogP) is 1.95. The first kappa shape index (κ1) is 10.7. The molecular weight excluding hydrogens is 232 g/mol. The van der Waals surface area contributed by atoms with Crippen molar-refractivity contribution in [3.05, 3.63) is 35.2 Å². The van der Waals surface area contributed by atoms with Gasteiger partial charge in [-0.2, -0.15) is 0 Å². The first-order valence-electron chi connectivity index (χ1n) is 5.82. The van der Waals surface area contributed by atoms with Crippen LogP contribution in [0, 0.1) is 0 Å². The van der Waals surface area contributed by atoms with Crippen molar-refractivity contribution < 1.29 is 4.79 Å². The Morgan fingerprint density at radius 2 is 2.06 bits per heavy atom. The molecule has 0 radical (unpaired) electrons. The minimum atomic E-state index is 0.152. The molecule has 0 spiro atoms. The minimum absolute atomic E-state index is 0.152. The van der Waals surface area contributed by atoms with Crippen LogP contribution >= 0.6 is 11.3 Å². The number of piperazine rings is 1. The third-order valence-corrected chi connectivity index (χ3v) is 4.00. The molecule has 1 aliphatic heterocycles. The minimum Gasteiger partial charge on any atom is -0.336 e. The molecule has 1 aromatic carbocycles. The largest absolute Gasteiger partial charge is 0.336 e. The maximum absolute atomic E-state index is 12.3. The normalized spacial score (nSPS) is 16.4. The highest BCUT2D eigenvalue weighted by atomic mass is 32.1. The number of hydrogen-bond acceptors (Lipinski definition) is 3. The van der Waals surface area contributed by atoms with E-state index in [1.807, 2.05) is 23.1 Å². The number of amides is 1. The molecule has 1 aliphatic rings. The average molecular weight is 246 g/mol. The second-order valence-electron chi connectivity index (χ2n) is 4.22. The van der Waals surface area contributed by atoms with E-state index in [4.69, 9.17) is 0 Å². The Bertz CT molecular complexity index is 543. The van der Waals surface area contributed by atoms with Crippen LogP contribution in [0.4, 0.5) is 0 Å². The van der Waals surface area contributed by atoms with Gasteiger partial charge in [0, 0.05) is 36.4 Å². The molecule has 1 saturated heterocycles. The van der Waals surface area contributed by atoms with E-state index in [2.05, 4.69) is 16.8 Å². The van der Waals surface area contributed by atoms with Gasteiger partial charge in [-0.3, -0.25) is 4.79 Å². The molecule has 0 saturated carbocycles. The van der Waals surface area contributed by atoms with Gasteiger partial charge in [-0.15, -0.1) is 11.3 Å². The van der Waals surface area contributed by atoms with Crippen molar-refractivity contribution in [1.82, 2.24) is 10.2 Å². The molecule has 1 fully saturated rings. The summed E-state index contributed by atoms with van der Waals surface area (Å²) in [7, 11) is 0. The highest BCUT2D eigenvalue weighted by Gasteiger charge is 2.17. The number of nitrogens with zero attached hydrogens (tertiary/aromatic N) is 1. The van der Waals surface area contributed by atoms with Gasteiger partial charge in [-0.05, 0) is 35.0 Å². The standard InChI is InChI=1S/C13H14N2OS/c16-13(15-6-4-14-5-7-15)11-1-2-12-10(9-11)3-8-17-12/h1-3,8-9,14H,4-7H2. The van der Waals surface area contributed by atoms with Gasteiger partial charge < -0.3 is 10.2 Å². The molecule has 3 nitrogen and oxygen atoms in total. The van der Waals surface area contributed by atoms with Gasteiger partial charge in [0.1, 0.15) is 0 Å². The van der Waals surface area contributed by atoms with Crippen LogP contribution in [0.2, 0.25) is 0 Å². The van der Waals surface area contributed by atoms with Crippen LogP contribution in [0.25, 0.3) is 10.1 Å². The summed E-state index contributed by atoms with van der Waals surface area (Å²) in [5.74, 6) is 0.152. The Kier molecular flexibility index (Phi) is 2.82. The molecular formula is C13H14N2OS. The summed E-state index contributed by atoms with van der Waals surface area (Å²) in [6.45, 7) is 3.40. The summed E-state index contributed by atoms with van der Waals surface area (Å²) < 4.78 is 1.24. The first-order valence-corrected chi connectivity index (χ1v) is 6.70. The van der Waals surface area contributed by atoms with Gasteiger partial charge in [0.25, 0.3) is 5.91 Å². The van der Waals surface area contributed by atoms with Crippen molar-refractivity contribution in [1.29, 1.82) is 0 Å². The van der Waals surface area contributed by atoms with Crippen molar-refractivity contribution in [2.75, 3.05) is 26.2 Å². The topological polar surface area (TPSA) is 32.3 Å². The van der Waals surface area contributed by atoms with E-state index >= 15 is 0 Å². The number of fused-ring (bicyclic) bond motifs is 1. The molecule has 2 aromatic rings. The third-order valence-electron chi connectivity index (χ3n) is 3.10. The van der Waals surface area contributed by atoms with Gasteiger partial charge in [-0.1, -0.05) is 0 Å². The van der Waals surface area contributed by atoms with Crippen LogP contribution in [-0.2, 0) is 0 Å². The van der Waals surface area contributed by atoms with Gasteiger partial charge in [0.2, 0.25) is 0 Å². The van der Waals surface area contributed by atoms with E-state index in [9.17, 15) is 4.79 Å². The Morgan fingerprint density at radius 3 is 2.88 bits per heavy atom. The molecule has 0 atom stereocenters. The fourth-order valence-electron chi connectivity index (χ4n) is 2.15. The van der Waals surface area contributed by atoms with Gasteiger partial charge in [0.05, 0.1) is 0 Å². The smallest absolute Gasteiger partial charge is 0.253 e. The number of hydrogen-bond donors (Lipinski definition) is 1. The average Bonchev–Trinajstić information content (AvgIpc) is 2.86. The van der Waals surface area contributed by atoms with Crippen LogP contribution in [0.15, 0.2) is 29.6 Å². The van der Waals surface area contributed by atoms with Crippen LogP contribution in [0.3, 0.4) is 0 Å². The maximum Gasteiger partial charge on any atom is 0.253 e. The number of benzene rings is 1. The zero-order valence-electron chi connectivity index (χ0n) is 9.48. The van der Waals surface area contributed by atoms with E-state index in [1.54, 1.807) is 11.3 Å². The molecule has 1 N–H and O–H groups in total. The summed E-state index contributed by atoms with van der Waals surface area (Å²) in [6.07, 6.45) is 0. The van der Waals surface area contributed by atoms with E-state index in [-0.39, 0.29) is 5.91 Å². The van der Waals surface area contributed by atoms with Gasteiger partial charge in [0.15, 0.2) is 0 Å². The van der Waals surface area contributed by atoms with Crippen molar-refractivity contribution >= 4 is 27.3 Å². The van der Waals surface area contributed by atoms with Crippen molar-refractivity contribution in [3.63, 3.8) is 0 Å². The maximum atomic E-state index is 12.3. The lowest BCUT2D eigenvalue weighted by molar-refractivity contribution is 0.0736.